The van der Waals surface area contributed by atoms with E-state index in [0.717, 1.165) is 44.5 Å². The van der Waals surface area contributed by atoms with Gasteiger partial charge in [-0.25, -0.2) is 4.79 Å². The predicted molar refractivity (Wildman–Crippen MR) is 101 cm³/mol. The molecule has 0 aliphatic carbocycles. The Morgan fingerprint density at radius 3 is 2.76 bits per heavy atom. The number of hydrogen-bond donors (Lipinski definition) is 2. The summed E-state index contributed by atoms with van der Waals surface area (Å²) in [6.45, 7) is 7.41. The zero-order valence-electron chi connectivity index (χ0n) is 14.3. The monoisotopic (exact) mass is 365 g/mol. The summed E-state index contributed by atoms with van der Waals surface area (Å²) in [4.78, 5) is 26.9. The van der Waals surface area contributed by atoms with Crippen LogP contribution < -0.4 is 16.3 Å². The van der Waals surface area contributed by atoms with E-state index in [9.17, 15) is 9.59 Å². The average molecular weight is 366 g/mol. The van der Waals surface area contributed by atoms with Gasteiger partial charge in [-0.2, -0.15) is 0 Å². The topological polar surface area (TPSA) is 74.6 Å². The Hall–Kier alpha value is -1.89. The van der Waals surface area contributed by atoms with Crippen molar-refractivity contribution in [2.75, 3.05) is 39.3 Å². The molecule has 1 aromatic carbocycles. The summed E-state index contributed by atoms with van der Waals surface area (Å²) in [5, 5.41) is 6.95. The third-order valence-corrected chi connectivity index (χ3v) is 4.45. The second kappa shape index (κ2) is 8.99. The van der Waals surface area contributed by atoms with Crippen LogP contribution in [0.5, 0.6) is 0 Å². The average Bonchev–Trinajstić information content (AvgIpc) is 2.60. The van der Waals surface area contributed by atoms with Crippen LogP contribution in [0.2, 0.25) is 0 Å². The van der Waals surface area contributed by atoms with Crippen molar-refractivity contribution in [1.82, 2.24) is 15.5 Å². The number of aryl methyl sites for hydroxylation is 1. The van der Waals surface area contributed by atoms with Gasteiger partial charge in [0, 0.05) is 38.1 Å². The molecule has 136 valence electrons. The minimum absolute atomic E-state index is 0. The number of hydrogen-bond acceptors (Lipinski definition) is 5. The molecular weight excluding hydrogens is 342 g/mol. The van der Waals surface area contributed by atoms with Gasteiger partial charge in [-0.1, -0.05) is 18.2 Å². The smallest absolute Gasteiger partial charge is 0.349 e. The third-order valence-electron chi connectivity index (χ3n) is 4.45. The summed E-state index contributed by atoms with van der Waals surface area (Å²) in [7, 11) is 0. The Morgan fingerprint density at radius 2 is 2.00 bits per heavy atom. The molecule has 0 spiro atoms. The summed E-state index contributed by atoms with van der Waals surface area (Å²) < 4.78 is 5.26. The fraction of sp³-hybridized carbons (Fsp3) is 0.444. The minimum Gasteiger partial charge on any atom is -0.422 e. The number of carbonyl (C=O) groups excluding carboxylic acids is 1. The first-order valence-corrected chi connectivity index (χ1v) is 8.40. The number of rotatable bonds is 5. The van der Waals surface area contributed by atoms with Crippen molar-refractivity contribution in [3.8, 4) is 0 Å². The molecule has 1 amide bonds. The fourth-order valence-electron chi connectivity index (χ4n) is 3.09. The van der Waals surface area contributed by atoms with Crippen molar-refractivity contribution in [3.05, 3.63) is 45.8 Å². The highest BCUT2D eigenvalue weighted by Gasteiger charge is 2.18. The van der Waals surface area contributed by atoms with Gasteiger partial charge < -0.3 is 20.0 Å². The molecule has 7 heteroatoms. The molecule has 1 saturated heterocycles. The number of benzene rings is 1. The Morgan fingerprint density at radius 1 is 1.28 bits per heavy atom. The third kappa shape index (κ3) is 4.60. The highest BCUT2D eigenvalue weighted by atomic mass is 35.5. The van der Waals surface area contributed by atoms with E-state index in [2.05, 4.69) is 15.5 Å². The minimum atomic E-state index is -0.578. The molecule has 2 heterocycles. The van der Waals surface area contributed by atoms with Gasteiger partial charge in [0.1, 0.15) is 11.1 Å². The summed E-state index contributed by atoms with van der Waals surface area (Å²) in [5.74, 6) is -0.354. The molecule has 1 aliphatic rings. The maximum absolute atomic E-state index is 12.4. The van der Waals surface area contributed by atoms with Crippen LogP contribution in [0.3, 0.4) is 0 Å². The van der Waals surface area contributed by atoms with Gasteiger partial charge in [0.2, 0.25) is 0 Å². The van der Waals surface area contributed by atoms with Crippen molar-refractivity contribution < 1.29 is 9.21 Å². The molecule has 6 nitrogen and oxygen atoms in total. The van der Waals surface area contributed by atoms with Gasteiger partial charge in [-0.3, -0.25) is 4.79 Å². The lowest BCUT2D eigenvalue weighted by Crippen LogP contribution is -2.44. The fourth-order valence-corrected chi connectivity index (χ4v) is 3.09. The molecule has 0 atom stereocenters. The Balaban J connectivity index is 0.00000225. The number of amides is 1. The molecule has 3 rings (SSSR count). The van der Waals surface area contributed by atoms with Gasteiger partial charge in [0.05, 0.1) is 0 Å². The van der Waals surface area contributed by atoms with Crippen LogP contribution in [0.15, 0.2) is 33.5 Å². The van der Waals surface area contributed by atoms with Gasteiger partial charge in [-0.15, -0.1) is 12.4 Å². The molecule has 0 radical (unpaired) electrons. The largest absolute Gasteiger partial charge is 0.422 e. The van der Waals surface area contributed by atoms with E-state index < -0.39 is 5.63 Å². The van der Waals surface area contributed by atoms with E-state index in [1.807, 2.05) is 12.1 Å². The maximum Gasteiger partial charge on any atom is 0.349 e. The first-order chi connectivity index (χ1) is 11.7. The zero-order chi connectivity index (χ0) is 16.9. The van der Waals surface area contributed by atoms with E-state index in [1.54, 1.807) is 19.1 Å². The predicted octanol–water partition coefficient (Wildman–Crippen LogP) is 1.55. The number of carbonyl (C=O) groups is 1. The van der Waals surface area contributed by atoms with Crippen molar-refractivity contribution in [3.63, 3.8) is 0 Å². The highest BCUT2D eigenvalue weighted by molar-refractivity contribution is 5.99. The number of fused-ring (bicyclic) bond motifs is 1. The Labute approximate surface area is 153 Å². The Bertz CT molecular complexity index is 785. The summed E-state index contributed by atoms with van der Waals surface area (Å²) in [5.41, 5.74) is 0.707. The molecule has 0 unspecified atom stereocenters. The number of piperazine rings is 1. The second-order valence-corrected chi connectivity index (χ2v) is 6.09. The molecule has 0 bridgehead atoms. The lowest BCUT2D eigenvalue weighted by Gasteiger charge is -2.27. The first kappa shape index (κ1) is 19.4. The van der Waals surface area contributed by atoms with Crippen LogP contribution >= 0.6 is 12.4 Å². The van der Waals surface area contributed by atoms with E-state index in [1.165, 1.54) is 0 Å². The number of nitrogens with one attached hydrogen (secondary N) is 2. The number of halogens is 1. The van der Waals surface area contributed by atoms with Crippen molar-refractivity contribution in [1.29, 1.82) is 0 Å². The molecular formula is C18H24ClN3O3. The van der Waals surface area contributed by atoms with Crippen LogP contribution in [0.1, 0.15) is 22.3 Å². The normalized spacial score (nSPS) is 14.9. The first-order valence-electron chi connectivity index (χ1n) is 8.40. The summed E-state index contributed by atoms with van der Waals surface area (Å²) >= 11 is 0. The maximum atomic E-state index is 12.4. The number of nitrogens with zero attached hydrogens (tertiary/aromatic N) is 1. The SMILES string of the molecule is Cc1c(C(=O)NCCCN2CCNCC2)c(=O)oc2ccccc12.Cl. The summed E-state index contributed by atoms with van der Waals surface area (Å²) in [6.07, 6.45) is 0.865. The lowest BCUT2D eigenvalue weighted by molar-refractivity contribution is 0.0947. The molecule has 25 heavy (non-hydrogen) atoms. The van der Waals surface area contributed by atoms with Crippen LogP contribution in [0.25, 0.3) is 11.0 Å². The van der Waals surface area contributed by atoms with Crippen LogP contribution in [0, 0.1) is 6.92 Å². The van der Waals surface area contributed by atoms with E-state index >= 15 is 0 Å². The molecule has 1 aliphatic heterocycles. The van der Waals surface area contributed by atoms with Crippen LogP contribution in [-0.4, -0.2) is 50.1 Å². The van der Waals surface area contributed by atoms with Crippen molar-refractivity contribution in [2.45, 2.75) is 13.3 Å². The van der Waals surface area contributed by atoms with Crippen molar-refractivity contribution in [2.24, 2.45) is 0 Å². The second-order valence-electron chi connectivity index (χ2n) is 6.09. The van der Waals surface area contributed by atoms with Gasteiger partial charge in [0.15, 0.2) is 0 Å². The van der Waals surface area contributed by atoms with E-state index in [4.69, 9.17) is 4.42 Å². The van der Waals surface area contributed by atoms with Gasteiger partial charge >= 0.3 is 5.63 Å². The van der Waals surface area contributed by atoms with Crippen LogP contribution in [-0.2, 0) is 0 Å². The Kier molecular flexibility index (Phi) is 6.99. The van der Waals surface area contributed by atoms with Crippen molar-refractivity contribution >= 4 is 29.3 Å². The van der Waals surface area contributed by atoms with E-state index in [0.29, 0.717) is 17.7 Å². The molecule has 1 fully saturated rings. The molecule has 2 N–H and O–H groups in total. The van der Waals surface area contributed by atoms with Gasteiger partial charge in [-0.05, 0) is 31.5 Å². The molecule has 1 aromatic heterocycles. The molecule has 0 saturated carbocycles. The number of para-hydroxylation sites is 1. The van der Waals surface area contributed by atoms with Crippen LogP contribution in [0.4, 0.5) is 0 Å². The standard InChI is InChI=1S/C18H23N3O3.ClH/c1-13-14-5-2-3-6-15(14)24-18(23)16(13)17(22)20-7-4-10-21-11-8-19-9-12-21;/h2-3,5-6,19H,4,7-12H2,1H3,(H,20,22);1H. The van der Waals surface area contributed by atoms with E-state index in [-0.39, 0.29) is 23.9 Å². The van der Waals surface area contributed by atoms with Gasteiger partial charge in [0.25, 0.3) is 5.91 Å². The molecule has 2 aromatic rings. The highest BCUT2D eigenvalue weighted by Crippen LogP contribution is 2.18. The zero-order valence-corrected chi connectivity index (χ0v) is 15.2. The quantitative estimate of drug-likeness (QED) is 0.621. The lowest BCUT2D eigenvalue weighted by atomic mass is 10.1. The summed E-state index contributed by atoms with van der Waals surface area (Å²) in [6, 6.07) is 7.26.